The Labute approximate surface area is 250 Å². The van der Waals surface area contributed by atoms with E-state index in [1.165, 1.54) is 11.8 Å². The summed E-state index contributed by atoms with van der Waals surface area (Å²) in [6.07, 6.45) is 5.51. The predicted molar refractivity (Wildman–Crippen MR) is 171 cm³/mol. The molecule has 9 heteroatoms. The highest BCUT2D eigenvalue weighted by molar-refractivity contribution is 8.00. The van der Waals surface area contributed by atoms with E-state index >= 15 is 0 Å². The minimum Gasteiger partial charge on any atom is -0.378 e. The van der Waals surface area contributed by atoms with Gasteiger partial charge in [0, 0.05) is 54.0 Å². The number of hydrogen-bond donors (Lipinski definition) is 3. The van der Waals surface area contributed by atoms with E-state index in [2.05, 4.69) is 20.9 Å². The van der Waals surface area contributed by atoms with Crippen LogP contribution in [0, 0.1) is 0 Å². The molecule has 0 spiro atoms. The summed E-state index contributed by atoms with van der Waals surface area (Å²) in [6, 6.07) is 27.1. The number of hydrogen-bond acceptors (Lipinski definition) is 6. The summed E-state index contributed by atoms with van der Waals surface area (Å²) in [4.78, 5) is 46.1. The van der Waals surface area contributed by atoms with E-state index in [4.69, 9.17) is 0 Å². The van der Waals surface area contributed by atoms with Gasteiger partial charge in [0.2, 0.25) is 5.91 Å². The highest BCUT2D eigenvalue weighted by atomic mass is 32.2. The molecule has 3 amide bonds. The van der Waals surface area contributed by atoms with Crippen molar-refractivity contribution in [3.05, 3.63) is 120 Å². The number of benzene rings is 3. The maximum Gasteiger partial charge on any atom is 0.272 e. The van der Waals surface area contributed by atoms with E-state index in [0.717, 1.165) is 16.1 Å². The monoisotopic (exact) mass is 579 g/mol. The van der Waals surface area contributed by atoms with E-state index in [-0.39, 0.29) is 16.9 Å². The zero-order valence-electron chi connectivity index (χ0n) is 23.7. The van der Waals surface area contributed by atoms with E-state index in [1.807, 2.05) is 74.4 Å². The second kappa shape index (κ2) is 14.7. The Bertz CT molecular complexity index is 1540. The average molecular weight is 580 g/mol. The van der Waals surface area contributed by atoms with Gasteiger partial charge in [0.15, 0.2) is 0 Å². The first-order valence-electron chi connectivity index (χ1n) is 13.5. The van der Waals surface area contributed by atoms with E-state index < -0.39 is 11.8 Å². The van der Waals surface area contributed by atoms with Gasteiger partial charge >= 0.3 is 0 Å². The molecule has 1 atom stereocenters. The molecule has 1 heterocycles. The lowest BCUT2D eigenvalue weighted by Gasteiger charge is -2.16. The molecule has 42 heavy (non-hydrogen) atoms. The molecule has 0 saturated heterocycles. The number of thioether (sulfide) groups is 1. The number of nitrogens with zero attached hydrogens (tertiary/aromatic N) is 2. The van der Waals surface area contributed by atoms with Gasteiger partial charge in [-0.2, -0.15) is 0 Å². The first-order chi connectivity index (χ1) is 20.3. The Morgan fingerprint density at radius 2 is 1.57 bits per heavy atom. The molecule has 1 unspecified atom stereocenters. The summed E-state index contributed by atoms with van der Waals surface area (Å²) in [5, 5.41) is 8.25. The summed E-state index contributed by atoms with van der Waals surface area (Å²) in [5.74, 6) is -0.977. The third kappa shape index (κ3) is 8.55. The van der Waals surface area contributed by atoms with Gasteiger partial charge < -0.3 is 20.9 Å². The first kappa shape index (κ1) is 30.1. The number of anilines is 3. The molecule has 0 radical (unpaired) electrons. The number of pyridine rings is 1. The Morgan fingerprint density at radius 1 is 0.857 bits per heavy atom. The molecule has 8 nitrogen and oxygen atoms in total. The Morgan fingerprint density at radius 3 is 2.24 bits per heavy atom. The molecule has 0 aliphatic rings. The van der Waals surface area contributed by atoms with E-state index in [9.17, 15) is 14.4 Å². The highest BCUT2D eigenvalue weighted by Crippen LogP contribution is 2.29. The summed E-state index contributed by atoms with van der Waals surface area (Å²) in [5.41, 5.74) is 3.53. The van der Waals surface area contributed by atoms with Crippen LogP contribution in [-0.4, -0.2) is 42.1 Å². The van der Waals surface area contributed by atoms with Crippen LogP contribution in [0.15, 0.2) is 114 Å². The van der Waals surface area contributed by atoms with Gasteiger partial charge in [0.25, 0.3) is 11.8 Å². The summed E-state index contributed by atoms with van der Waals surface area (Å²) in [7, 11) is 3.90. The summed E-state index contributed by atoms with van der Waals surface area (Å²) in [6.45, 7) is 1.95. The van der Waals surface area contributed by atoms with Crippen molar-refractivity contribution in [3.8, 4) is 0 Å². The first-order valence-corrected chi connectivity index (χ1v) is 14.3. The normalized spacial score (nSPS) is 11.7. The van der Waals surface area contributed by atoms with Crippen molar-refractivity contribution in [2.45, 2.75) is 23.5 Å². The number of nitrogens with one attached hydrogen (secondary N) is 3. The lowest BCUT2D eigenvalue weighted by atomic mass is 10.1. The second-order valence-electron chi connectivity index (χ2n) is 9.59. The molecule has 214 valence electrons. The maximum absolute atomic E-state index is 13.5. The Hall–Kier alpha value is -4.89. The molecule has 0 bridgehead atoms. The zero-order valence-corrected chi connectivity index (χ0v) is 24.5. The van der Waals surface area contributed by atoms with Crippen molar-refractivity contribution in [2.24, 2.45) is 0 Å². The van der Waals surface area contributed by atoms with Crippen molar-refractivity contribution < 1.29 is 14.4 Å². The smallest absolute Gasteiger partial charge is 0.272 e. The standard InChI is InChI=1S/C33H33N5O3S/c1-4-30(33(41)35-25-17-19-34-20-18-25)42-28-12-8-11-26(22-28)36-32(40)29(37-31(39)24-9-6-5-7-10-24)21-23-13-15-27(16-14-23)38(2)3/h5-22,30H,4H2,1-3H3,(H,36,40)(H,37,39)(H,34,35,41)/b29-21+. The van der Waals surface area contributed by atoms with Crippen molar-refractivity contribution in [1.82, 2.24) is 10.3 Å². The zero-order chi connectivity index (χ0) is 29.9. The Kier molecular flexibility index (Phi) is 10.5. The fourth-order valence-corrected chi connectivity index (χ4v) is 4.98. The predicted octanol–water partition coefficient (Wildman–Crippen LogP) is 6.07. The SMILES string of the molecule is CCC(Sc1cccc(NC(=O)/C(=C\c2ccc(N(C)C)cc2)NC(=O)c2ccccc2)c1)C(=O)Nc1ccncc1. The third-order valence-corrected chi connectivity index (χ3v) is 7.59. The molecule has 0 aliphatic carbocycles. The van der Waals surface area contributed by atoms with Gasteiger partial charge in [0.1, 0.15) is 5.70 Å². The summed E-state index contributed by atoms with van der Waals surface area (Å²) >= 11 is 1.41. The quantitative estimate of drug-likeness (QED) is 0.147. The van der Waals surface area contributed by atoms with Gasteiger partial charge in [0.05, 0.1) is 5.25 Å². The van der Waals surface area contributed by atoms with Crippen LogP contribution in [0.5, 0.6) is 0 Å². The van der Waals surface area contributed by atoms with Gasteiger partial charge in [-0.05, 0) is 72.7 Å². The summed E-state index contributed by atoms with van der Waals surface area (Å²) < 4.78 is 0. The minimum atomic E-state index is -0.472. The molecular formula is C33H33N5O3S. The molecule has 0 saturated carbocycles. The van der Waals surface area contributed by atoms with Gasteiger partial charge in [-0.15, -0.1) is 11.8 Å². The van der Waals surface area contributed by atoms with Crippen LogP contribution >= 0.6 is 11.8 Å². The number of rotatable bonds is 11. The third-order valence-electron chi connectivity index (χ3n) is 6.23. The number of amides is 3. The molecular weight excluding hydrogens is 546 g/mol. The van der Waals surface area contributed by atoms with Crippen LogP contribution in [0.2, 0.25) is 0 Å². The van der Waals surface area contributed by atoms with Gasteiger partial charge in [-0.1, -0.05) is 43.3 Å². The van der Waals surface area contributed by atoms with Crippen molar-refractivity contribution in [2.75, 3.05) is 29.6 Å². The average Bonchev–Trinajstić information content (AvgIpc) is 3.00. The van der Waals surface area contributed by atoms with E-state index in [0.29, 0.717) is 23.4 Å². The maximum atomic E-state index is 13.5. The van der Waals surface area contributed by atoms with Crippen LogP contribution in [0.25, 0.3) is 6.08 Å². The fraction of sp³-hybridized carbons (Fsp3) is 0.152. The van der Waals surface area contributed by atoms with Crippen LogP contribution in [0.1, 0.15) is 29.3 Å². The molecule has 1 aromatic heterocycles. The van der Waals surface area contributed by atoms with Crippen LogP contribution in [-0.2, 0) is 9.59 Å². The van der Waals surface area contributed by atoms with Crippen LogP contribution in [0.4, 0.5) is 17.1 Å². The van der Waals surface area contributed by atoms with Crippen molar-refractivity contribution in [1.29, 1.82) is 0 Å². The number of carbonyl (C=O) groups is 3. The fourth-order valence-electron chi connectivity index (χ4n) is 3.97. The van der Waals surface area contributed by atoms with Crippen molar-refractivity contribution >= 4 is 52.6 Å². The molecule has 0 aliphatic heterocycles. The number of aromatic nitrogens is 1. The molecule has 0 fully saturated rings. The number of carbonyl (C=O) groups excluding carboxylic acids is 3. The molecule has 4 rings (SSSR count). The molecule has 4 aromatic rings. The largest absolute Gasteiger partial charge is 0.378 e. The highest BCUT2D eigenvalue weighted by Gasteiger charge is 2.19. The molecule has 3 aromatic carbocycles. The minimum absolute atomic E-state index is 0.0997. The lowest BCUT2D eigenvalue weighted by molar-refractivity contribution is -0.116. The van der Waals surface area contributed by atoms with Crippen LogP contribution in [0.3, 0.4) is 0 Å². The van der Waals surface area contributed by atoms with Gasteiger partial charge in [-0.3, -0.25) is 19.4 Å². The van der Waals surface area contributed by atoms with E-state index in [1.54, 1.807) is 60.9 Å². The van der Waals surface area contributed by atoms with Crippen LogP contribution < -0.4 is 20.9 Å². The van der Waals surface area contributed by atoms with Gasteiger partial charge in [-0.25, -0.2) is 0 Å². The molecule has 3 N–H and O–H groups in total. The lowest BCUT2D eigenvalue weighted by Crippen LogP contribution is -2.30. The van der Waals surface area contributed by atoms with Crippen molar-refractivity contribution in [3.63, 3.8) is 0 Å². The second-order valence-corrected chi connectivity index (χ2v) is 10.9. The Balaban J connectivity index is 1.51. The topological polar surface area (TPSA) is 103 Å².